The normalized spacial score (nSPS) is 19.1. The average Bonchev–Trinajstić information content (AvgIpc) is 3.39. The number of amidine groups is 1. The molecule has 1 N–H and O–H groups in total. The summed E-state index contributed by atoms with van der Waals surface area (Å²) in [7, 11) is 0. The van der Waals surface area contributed by atoms with Crippen LogP contribution in [-0.2, 0) is 4.79 Å². The highest BCUT2D eigenvalue weighted by Crippen LogP contribution is 2.41. The van der Waals surface area contributed by atoms with E-state index in [0.717, 1.165) is 28.8 Å². The zero-order valence-corrected chi connectivity index (χ0v) is 24.5. The minimum absolute atomic E-state index is 0.0714. The van der Waals surface area contributed by atoms with Crippen LogP contribution in [0.15, 0.2) is 84.1 Å². The molecule has 1 aliphatic heterocycles. The molecule has 0 bridgehead atoms. The first-order chi connectivity index (χ1) is 21.1. The third kappa shape index (κ3) is 6.47. The molecule has 0 radical (unpaired) electrons. The summed E-state index contributed by atoms with van der Waals surface area (Å²) in [5.74, 6) is 0.593. The molecule has 1 saturated carbocycles. The van der Waals surface area contributed by atoms with Crippen molar-refractivity contribution in [1.82, 2.24) is 20.1 Å². The molecular weight excluding hydrogens is 593 g/mol. The number of nitrogens with one attached hydrogen (secondary N) is 1. The SMILES string of the molecule is CC(C)c1ccccc1N1C(=O)CS/C1=N\C(=O)NC1CC1c1ccc(-c2ncn(-c3ccc(OC(F)(F)F)cc3)n2)cc1. The second-order valence-electron chi connectivity index (χ2n) is 10.7. The van der Waals surface area contributed by atoms with Crippen LogP contribution in [0.2, 0.25) is 0 Å². The molecule has 1 aliphatic carbocycles. The largest absolute Gasteiger partial charge is 0.573 e. The van der Waals surface area contributed by atoms with Gasteiger partial charge in [0.1, 0.15) is 12.1 Å². The highest BCUT2D eigenvalue weighted by molar-refractivity contribution is 8.15. The number of hydrogen-bond acceptors (Lipinski definition) is 6. The van der Waals surface area contributed by atoms with Gasteiger partial charge < -0.3 is 10.1 Å². The molecule has 1 aromatic heterocycles. The van der Waals surface area contributed by atoms with Gasteiger partial charge in [-0.1, -0.05) is 68.1 Å². The lowest BCUT2D eigenvalue weighted by Crippen LogP contribution is -2.32. The standard InChI is InChI=1S/C31H27F3N6O3S/c1-18(2)23-5-3-4-6-26(23)40-27(41)16-44-30(40)37-29(42)36-25-15-24(25)19-7-9-20(10-8-19)28-35-17-39(38-28)21-11-13-22(14-12-21)43-31(32,33)34/h3-14,17-18,24-25H,15-16H2,1-2H3,(H,36,42)/b37-30-. The molecule has 13 heteroatoms. The highest BCUT2D eigenvalue weighted by atomic mass is 32.2. The number of alkyl halides is 3. The van der Waals surface area contributed by atoms with Crippen LogP contribution in [0.5, 0.6) is 5.75 Å². The Balaban J connectivity index is 1.07. The summed E-state index contributed by atoms with van der Waals surface area (Å²) in [5, 5.41) is 7.77. The van der Waals surface area contributed by atoms with E-state index in [0.29, 0.717) is 16.7 Å². The second kappa shape index (κ2) is 11.8. The summed E-state index contributed by atoms with van der Waals surface area (Å²) in [5.41, 5.74) is 4.10. The number of halogens is 3. The number of rotatable bonds is 7. The number of urea groups is 1. The molecule has 226 valence electrons. The van der Waals surface area contributed by atoms with Gasteiger partial charge in [-0.3, -0.25) is 9.69 Å². The topological polar surface area (TPSA) is 102 Å². The van der Waals surface area contributed by atoms with E-state index in [2.05, 4.69) is 39.0 Å². The summed E-state index contributed by atoms with van der Waals surface area (Å²) >= 11 is 1.25. The molecule has 0 spiro atoms. The van der Waals surface area contributed by atoms with E-state index in [4.69, 9.17) is 0 Å². The number of amides is 3. The molecule has 2 aliphatic rings. The number of ether oxygens (including phenoxy) is 1. The quantitative estimate of drug-likeness (QED) is 0.248. The number of para-hydroxylation sites is 1. The van der Waals surface area contributed by atoms with Gasteiger partial charge in [0.05, 0.1) is 17.1 Å². The lowest BCUT2D eigenvalue weighted by molar-refractivity contribution is -0.274. The van der Waals surface area contributed by atoms with E-state index < -0.39 is 12.4 Å². The van der Waals surface area contributed by atoms with Gasteiger partial charge in [0.2, 0.25) is 5.91 Å². The van der Waals surface area contributed by atoms with Crippen molar-refractivity contribution in [3.8, 4) is 22.8 Å². The van der Waals surface area contributed by atoms with Crippen LogP contribution in [0.25, 0.3) is 17.1 Å². The zero-order chi connectivity index (χ0) is 31.0. The number of carbonyl (C=O) groups is 2. The van der Waals surface area contributed by atoms with Gasteiger partial charge in [0, 0.05) is 17.5 Å². The first kappa shape index (κ1) is 29.4. The smallest absolute Gasteiger partial charge is 0.406 e. The maximum Gasteiger partial charge on any atom is 0.573 e. The van der Waals surface area contributed by atoms with Crippen LogP contribution in [0.4, 0.5) is 23.7 Å². The first-order valence-corrected chi connectivity index (χ1v) is 14.9. The van der Waals surface area contributed by atoms with E-state index in [1.54, 1.807) is 0 Å². The van der Waals surface area contributed by atoms with Crippen LogP contribution in [-0.4, -0.2) is 50.0 Å². The second-order valence-corrected chi connectivity index (χ2v) is 11.6. The van der Waals surface area contributed by atoms with Gasteiger partial charge >= 0.3 is 12.4 Å². The number of aromatic nitrogens is 3. The molecule has 2 unspecified atom stereocenters. The Bertz CT molecular complexity index is 1720. The van der Waals surface area contributed by atoms with Crippen LogP contribution < -0.4 is 15.0 Å². The summed E-state index contributed by atoms with van der Waals surface area (Å²) in [6, 6.07) is 20.1. The third-order valence-electron chi connectivity index (χ3n) is 7.29. The lowest BCUT2D eigenvalue weighted by atomic mass is 10.0. The van der Waals surface area contributed by atoms with Crippen molar-refractivity contribution in [2.75, 3.05) is 10.7 Å². The van der Waals surface area contributed by atoms with Crippen LogP contribution in [0, 0.1) is 0 Å². The predicted octanol–water partition coefficient (Wildman–Crippen LogP) is 6.66. The number of aliphatic imine (C=N–C) groups is 1. The summed E-state index contributed by atoms with van der Waals surface area (Å²) < 4.78 is 42.6. The molecule has 9 nitrogen and oxygen atoms in total. The fourth-order valence-corrected chi connectivity index (χ4v) is 5.92. The molecule has 3 amide bonds. The number of hydrogen-bond donors (Lipinski definition) is 1. The fourth-order valence-electron chi connectivity index (χ4n) is 5.06. The van der Waals surface area contributed by atoms with Crippen molar-refractivity contribution in [3.05, 3.63) is 90.3 Å². The van der Waals surface area contributed by atoms with Crippen molar-refractivity contribution >= 4 is 34.6 Å². The zero-order valence-electron chi connectivity index (χ0n) is 23.7. The molecule has 3 aromatic carbocycles. The van der Waals surface area contributed by atoms with Crippen molar-refractivity contribution in [3.63, 3.8) is 0 Å². The van der Waals surface area contributed by atoms with Gasteiger partial charge in [0.25, 0.3) is 0 Å². The molecule has 44 heavy (non-hydrogen) atoms. The maximum atomic E-state index is 12.8. The molecule has 1 saturated heterocycles. The fraction of sp³-hybridized carbons (Fsp3) is 0.258. The Morgan fingerprint density at radius 2 is 1.80 bits per heavy atom. The summed E-state index contributed by atoms with van der Waals surface area (Å²) in [6.45, 7) is 4.11. The number of thioether (sulfide) groups is 1. The van der Waals surface area contributed by atoms with Crippen LogP contribution in [0.1, 0.15) is 43.2 Å². The van der Waals surface area contributed by atoms with Gasteiger partial charge in [-0.2, -0.15) is 4.99 Å². The Morgan fingerprint density at radius 3 is 2.50 bits per heavy atom. The predicted molar refractivity (Wildman–Crippen MR) is 161 cm³/mol. The van der Waals surface area contributed by atoms with E-state index in [1.165, 1.54) is 51.9 Å². The van der Waals surface area contributed by atoms with Crippen LogP contribution in [0.3, 0.4) is 0 Å². The number of carbonyl (C=O) groups excluding carboxylic acids is 2. The number of anilines is 1. The maximum absolute atomic E-state index is 12.8. The van der Waals surface area contributed by atoms with Crippen molar-refractivity contribution in [2.24, 2.45) is 4.99 Å². The van der Waals surface area contributed by atoms with Crippen molar-refractivity contribution in [1.29, 1.82) is 0 Å². The van der Waals surface area contributed by atoms with Gasteiger partial charge in [-0.05, 0) is 53.8 Å². The Kier molecular flexibility index (Phi) is 7.89. The lowest BCUT2D eigenvalue weighted by Gasteiger charge is -2.21. The third-order valence-corrected chi connectivity index (χ3v) is 8.21. The Labute approximate surface area is 255 Å². The van der Waals surface area contributed by atoms with E-state index in [1.807, 2.05) is 48.5 Å². The Morgan fingerprint density at radius 1 is 1.07 bits per heavy atom. The molecule has 2 atom stereocenters. The Hall–Kier alpha value is -4.65. The van der Waals surface area contributed by atoms with Gasteiger partial charge in [0.15, 0.2) is 11.0 Å². The minimum Gasteiger partial charge on any atom is -0.406 e. The number of benzene rings is 3. The van der Waals surface area contributed by atoms with Crippen molar-refractivity contribution < 1.29 is 27.5 Å². The average molecular weight is 621 g/mol. The van der Waals surface area contributed by atoms with E-state index in [-0.39, 0.29) is 35.3 Å². The summed E-state index contributed by atoms with van der Waals surface area (Å²) in [6.07, 6.45) is -2.51. The van der Waals surface area contributed by atoms with E-state index in [9.17, 15) is 22.8 Å². The highest BCUT2D eigenvalue weighted by Gasteiger charge is 2.40. The van der Waals surface area contributed by atoms with E-state index >= 15 is 0 Å². The minimum atomic E-state index is -4.76. The molecule has 2 heterocycles. The van der Waals surface area contributed by atoms with Crippen LogP contribution >= 0.6 is 11.8 Å². The van der Waals surface area contributed by atoms with Crippen molar-refractivity contribution in [2.45, 2.75) is 44.5 Å². The van der Waals surface area contributed by atoms with Gasteiger partial charge in [-0.15, -0.1) is 18.3 Å². The molecule has 2 fully saturated rings. The molecule has 6 rings (SSSR count). The van der Waals surface area contributed by atoms with Gasteiger partial charge in [-0.25, -0.2) is 14.5 Å². The molecule has 4 aromatic rings. The monoisotopic (exact) mass is 620 g/mol. The number of nitrogens with zero attached hydrogens (tertiary/aromatic N) is 5. The summed E-state index contributed by atoms with van der Waals surface area (Å²) in [4.78, 5) is 35.7. The first-order valence-electron chi connectivity index (χ1n) is 13.9. The molecular formula is C31H27F3N6O3S.